The molecule has 1 aromatic heterocycles. The van der Waals surface area contributed by atoms with Crippen molar-refractivity contribution in [3.63, 3.8) is 0 Å². The molecule has 4 nitrogen and oxygen atoms in total. The van der Waals surface area contributed by atoms with E-state index >= 15 is 0 Å². The van der Waals surface area contributed by atoms with Crippen LogP contribution >= 0.6 is 24.0 Å². The Hall–Kier alpha value is -1.63. The van der Waals surface area contributed by atoms with Crippen LogP contribution in [0.2, 0.25) is 0 Å². The molecule has 110 valence electrons. The molecule has 5 heteroatoms. The first-order chi connectivity index (χ1) is 9.92. The molecule has 2 aromatic rings. The smallest absolute Gasteiger partial charge is 0.191 e. The minimum atomic E-state index is 0. The van der Waals surface area contributed by atoms with Gasteiger partial charge in [-0.05, 0) is 30.2 Å². The van der Waals surface area contributed by atoms with Crippen molar-refractivity contribution in [3.8, 4) is 11.3 Å². The molecule has 3 rings (SSSR count). The Morgan fingerprint density at radius 2 is 2.10 bits per heavy atom. The number of benzene rings is 1. The fourth-order valence-electron chi connectivity index (χ4n) is 2.21. The zero-order chi connectivity index (χ0) is 13.6. The van der Waals surface area contributed by atoms with E-state index < -0.39 is 0 Å². The molecule has 1 aliphatic heterocycles. The fourth-order valence-corrected chi connectivity index (χ4v) is 2.21. The van der Waals surface area contributed by atoms with Crippen LogP contribution in [0.15, 0.2) is 53.7 Å². The Labute approximate surface area is 142 Å². The summed E-state index contributed by atoms with van der Waals surface area (Å²) in [6.07, 6.45) is 2.93. The highest BCUT2D eigenvalue weighted by molar-refractivity contribution is 14.0. The summed E-state index contributed by atoms with van der Waals surface area (Å²) in [4.78, 5) is 8.79. The first-order valence-corrected chi connectivity index (χ1v) is 6.94. The van der Waals surface area contributed by atoms with E-state index in [1.807, 2.05) is 24.4 Å². The van der Waals surface area contributed by atoms with Gasteiger partial charge in [-0.25, -0.2) is 0 Å². The van der Waals surface area contributed by atoms with Gasteiger partial charge in [0.25, 0.3) is 0 Å². The van der Waals surface area contributed by atoms with Crippen LogP contribution in [0, 0.1) is 0 Å². The monoisotopic (exact) mass is 394 g/mol. The van der Waals surface area contributed by atoms with Gasteiger partial charge in [-0.15, -0.1) is 24.0 Å². The van der Waals surface area contributed by atoms with E-state index in [9.17, 15) is 0 Å². The van der Waals surface area contributed by atoms with Gasteiger partial charge in [0, 0.05) is 31.4 Å². The number of aromatic nitrogens is 1. The predicted octanol–water partition coefficient (Wildman–Crippen LogP) is 2.81. The van der Waals surface area contributed by atoms with Gasteiger partial charge in [0.1, 0.15) is 0 Å². The summed E-state index contributed by atoms with van der Waals surface area (Å²) < 4.78 is 0. The number of aliphatic imine (C=N–C) groups is 1. The van der Waals surface area contributed by atoms with Crippen LogP contribution in [0.4, 0.5) is 0 Å². The SMILES string of the molecule is I.c1ccc(-c2cccc(CNC3=NCCCN3)c2)nc1. The van der Waals surface area contributed by atoms with E-state index in [0.717, 1.165) is 43.3 Å². The van der Waals surface area contributed by atoms with Gasteiger partial charge < -0.3 is 10.6 Å². The number of nitrogens with one attached hydrogen (secondary N) is 2. The molecular weight excluding hydrogens is 375 g/mol. The number of rotatable bonds is 3. The van der Waals surface area contributed by atoms with Gasteiger partial charge in [0.05, 0.1) is 5.69 Å². The molecule has 0 aliphatic carbocycles. The van der Waals surface area contributed by atoms with E-state index in [2.05, 4.69) is 44.9 Å². The van der Waals surface area contributed by atoms with Crippen LogP contribution in [-0.4, -0.2) is 24.0 Å². The lowest BCUT2D eigenvalue weighted by Gasteiger charge is -2.16. The number of nitrogens with zero attached hydrogens (tertiary/aromatic N) is 2. The topological polar surface area (TPSA) is 49.3 Å². The molecule has 1 aliphatic rings. The van der Waals surface area contributed by atoms with Gasteiger partial charge in [-0.3, -0.25) is 9.98 Å². The second kappa shape index (κ2) is 7.97. The lowest BCUT2D eigenvalue weighted by molar-refractivity contribution is 0.702. The normalized spacial score (nSPS) is 13.6. The molecule has 0 amide bonds. The molecule has 0 saturated heterocycles. The van der Waals surface area contributed by atoms with Crippen molar-refractivity contribution in [2.75, 3.05) is 13.1 Å². The van der Waals surface area contributed by atoms with Crippen molar-refractivity contribution in [2.45, 2.75) is 13.0 Å². The van der Waals surface area contributed by atoms with Crippen LogP contribution in [-0.2, 0) is 6.54 Å². The zero-order valence-electron chi connectivity index (χ0n) is 11.7. The van der Waals surface area contributed by atoms with E-state index in [1.54, 1.807) is 0 Å². The summed E-state index contributed by atoms with van der Waals surface area (Å²) in [7, 11) is 0. The standard InChI is InChI=1S/C16H18N4.HI/c1-2-8-17-15(7-1)14-6-3-5-13(11-14)12-20-16-18-9-4-10-19-16;/h1-3,5-8,11H,4,9-10,12H2,(H2,18,19,20);1H. The molecule has 1 aromatic carbocycles. The Bertz CT molecular complexity index is 598. The number of guanidine groups is 1. The Morgan fingerprint density at radius 1 is 1.14 bits per heavy atom. The summed E-state index contributed by atoms with van der Waals surface area (Å²) >= 11 is 0. The van der Waals surface area contributed by atoms with E-state index in [1.165, 1.54) is 5.56 Å². The van der Waals surface area contributed by atoms with Crippen molar-refractivity contribution in [1.29, 1.82) is 0 Å². The molecule has 2 N–H and O–H groups in total. The molecule has 2 heterocycles. The van der Waals surface area contributed by atoms with Gasteiger partial charge in [-0.1, -0.05) is 24.3 Å². The first-order valence-electron chi connectivity index (χ1n) is 6.94. The quantitative estimate of drug-likeness (QED) is 0.788. The van der Waals surface area contributed by atoms with Gasteiger partial charge in [0.2, 0.25) is 0 Å². The average molecular weight is 394 g/mol. The van der Waals surface area contributed by atoms with Crippen molar-refractivity contribution < 1.29 is 0 Å². The lowest BCUT2D eigenvalue weighted by atomic mass is 10.1. The molecule has 0 radical (unpaired) electrons. The maximum absolute atomic E-state index is 4.41. The van der Waals surface area contributed by atoms with Crippen LogP contribution < -0.4 is 10.6 Å². The molecule has 0 spiro atoms. The van der Waals surface area contributed by atoms with Crippen molar-refractivity contribution in [1.82, 2.24) is 15.6 Å². The summed E-state index contributed by atoms with van der Waals surface area (Å²) in [5, 5.41) is 6.60. The maximum Gasteiger partial charge on any atom is 0.191 e. The largest absolute Gasteiger partial charge is 0.356 e. The van der Waals surface area contributed by atoms with Crippen LogP contribution in [0.25, 0.3) is 11.3 Å². The van der Waals surface area contributed by atoms with Crippen molar-refractivity contribution in [3.05, 3.63) is 54.2 Å². The average Bonchev–Trinajstić information content (AvgIpc) is 2.55. The molecule has 0 atom stereocenters. The van der Waals surface area contributed by atoms with Crippen LogP contribution in [0.3, 0.4) is 0 Å². The summed E-state index contributed by atoms with van der Waals surface area (Å²) in [6.45, 7) is 2.68. The van der Waals surface area contributed by atoms with E-state index in [0.29, 0.717) is 0 Å². The summed E-state index contributed by atoms with van der Waals surface area (Å²) in [5.74, 6) is 0.902. The van der Waals surface area contributed by atoms with Crippen molar-refractivity contribution in [2.24, 2.45) is 4.99 Å². The second-order valence-corrected chi connectivity index (χ2v) is 4.78. The van der Waals surface area contributed by atoms with E-state index in [-0.39, 0.29) is 24.0 Å². The third-order valence-electron chi connectivity index (χ3n) is 3.24. The highest BCUT2D eigenvalue weighted by Crippen LogP contribution is 2.17. The number of halogens is 1. The third-order valence-corrected chi connectivity index (χ3v) is 3.24. The lowest BCUT2D eigenvalue weighted by Crippen LogP contribution is -2.40. The van der Waals surface area contributed by atoms with Crippen molar-refractivity contribution >= 4 is 29.9 Å². The predicted molar refractivity (Wildman–Crippen MR) is 96.8 cm³/mol. The Morgan fingerprint density at radius 3 is 2.86 bits per heavy atom. The summed E-state index contributed by atoms with van der Waals surface area (Å²) in [5.41, 5.74) is 3.37. The highest BCUT2D eigenvalue weighted by atomic mass is 127. The first kappa shape index (κ1) is 15.8. The fraction of sp³-hybridized carbons (Fsp3) is 0.250. The molecule has 0 fully saturated rings. The Kier molecular flexibility index (Phi) is 5.98. The van der Waals surface area contributed by atoms with Gasteiger partial charge in [0.15, 0.2) is 5.96 Å². The number of pyridine rings is 1. The van der Waals surface area contributed by atoms with Crippen LogP contribution in [0.1, 0.15) is 12.0 Å². The molecule has 0 saturated carbocycles. The number of hydrogen-bond acceptors (Lipinski definition) is 4. The molecular formula is C16H19IN4. The second-order valence-electron chi connectivity index (χ2n) is 4.78. The summed E-state index contributed by atoms with van der Waals surface area (Å²) in [6, 6.07) is 14.4. The van der Waals surface area contributed by atoms with Crippen LogP contribution in [0.5, 0.6) is 0 Å². The molecule has 0 unspecified atom stereocenters. The Balaban J connectivity index is 0.00000161. The molecule has 0 bridgehead atoms. The number of hydrogen-bond donors (Lipinski definition) is 2. The molecule has 21 heavy (non-hydrogen) atoms. The van der Waals surface area contributed by atoms with E-state index in [4.69, 9.17) is 0 Å². The minimum Gasteiger partial charge on any atom is -0.356 e. The highest BCUT2D eigenvalue weighted by Gasteiger charge is 2.04. The minimum absolute atomic E-state index is 0. The van der Waals surface area contributed by atoms with Gasteiger partial charge in [-0.2, -0.15) is 0 Å². The maximum atomic E-state index is 4.41. The van der Waals surface area contributed by atoms with Gasteiger partial charge >= 0.3 is 0 Å². The zero-order valence-corrected chi connectivity index (χ0v) is 14.1. The third kappa shape index (κ3) is 4.42.